The van der Waals surface area contributed by atoms with Crippen LogP contribution in [0.25, 0.3) is 6.08 Å². The first-order valence-corrected chi connectivity index (χ1v) is 8.37. The van der Waals surface area contributed by atoms with Crippen molar-refractivity contribution in [2.45, 2.75) is 13.0 Å². The van der Waals surface area contributed by atoms with Gasteiger partial charge in [-0.15, -0.1) is 0 Å². The van der Waals surface area contributed by atoms with Gasteiger partial charge in [0, 0.05) is 6.08 Å². The molecule has 0 radical (unpaired) electrons. The van der Waals surface area contributed by atoms with Crippen LogP contribution in [-0.2, 0) is 19.1 Å². The topological polar surface area (TPSA) is 81.7 Å². The number of benzene rings is 2. The molecule has 6 heteroatoms. The molecule has 2 aromatic carbocycles. The van der Waals surface area contributed by atoms with Crippen LogP contribution >= 0.6 is 0 Å². The highest BCUT2D eigenvalue weighted by Gasteiger charge is 2.10. The summed E-state index contributed by atoms with van der Waals surface area (Å²) >= 11 is 0. The monoisotopic (exact) mass is 367 g/mol. The van der Waals surface area contributed by atoms with Gasteiger partial charge in [0.25, 0.3) is 5.91 Å². The summed E-state index contributed by atoms with van der Waals surface area (Å²) < 4.78 is 9.55. The van der Waals surface area contributed by atoms with E-state index in [1.54, 1.807) is 24.3 Å². The summed E-state index contributed by atoms with van der Waals surface area (Å²) in [5.74, 6) is -1.44. The van der Waals surface area contributed by atoms with Gasteiger partial charge < -0.3 is 14.8 Å². The lowest BCUT2D eigenvalue weighted by atomic mass is 10.1. The molecule has 0 aromatic heterocycles. The molecule has 0 unspecified atom stereocenters. The number of rotatable bonds is 7. The van der Waals surface area contributed by atoms with Gasteiger partial charge in [0.05, 0.1) is 18.7 Å². The highest BCUT2D eigenvalue weighted by molar-refractivity contribution is 5.91. The molecule has 1 N–H and O–H groups in total. The van der Waals surface area contributed by atoms with Crippen molar-refractivity contribution in [2.24, 2.45) is 0 Å². The Morgan fingerprint density at radius 1 is 1.04 bits per heavy atom. The van der Waals surface area contributed by atoms with Crippen molar-refractivity contribution in [1.29, 1.82) is 0 Å². The van der Waals surface area contributed by atoms with E-state index >= 15 is 0 Å². The van der Waals surface area contributed by atoms with Crippen molar-refractivity contribution >= 4 is 23.9 Å². The Hall–Kier alpha value is -3.41. The summed E-state index contributed by atoms with van der Waals surface area (Å²) in [6.07, 6.45) is 2.76. The first-order chi connectivity index (χ1) is 13.0. The van der Waals surface area contributed by atoms with E-state index in [1.165, 1.54) is 19.3 Å². The SMILES string of the molecule is COC(=O)c1ccc(/C=C/C(=O)OCC(=O)N[C@H](C)c2ccccc2)cc1. The van der Waals surface area contributed by atoms with Crippen molar-refractivity contribution < 1.29 is 23.9 Å². The maximum atomic E-state index is 11.9. The van der Waals surface area contributed by atoms with E-state index in [0.717, 1.165) is 5.56 Å². The molecule has 140 valence electrons. The van der Waals surface area contributed by atoms with E-state index < -0.39 is 11.9 Å². The zero-order valence-corrected chi connectivity index (χ0v) is 15.2. The average molecular weight is 367 g/mol. The summed E-state index contributed by atoms with van der Waals surface area (Å²) in [6.45, 7) is 1.49. The number of hydrogen-bond donors (Lipinski definition) is 1. The molecule has 6 nitrogen and oxygen atoms in total. The third-order valence-corrected chi connectivity index (χ3v) is 3.77. The lowest BCUT2D eigenvalue weighted by molar-refractivity contribution is -0.144. The second-order valence-electron chi connectivity index (χ2n) is 5.75. The van der Waals surface area contributed by atoms with Gasteiger partial charge >= 0.3 is 11.9 Å². The van der Waals surface area contributed by atoms with E-state index in [-0.39, 0.29) is 18.6 Å². The van der Waals surface area contributed by atoms with Crippen molar-refractivity contribution in [3.8, 4) is 0 Å². The standard InChI is InChI=1S/C21H21NO5/c1-15(17-6-4-3-5-7-17)22-19(23)14-27-20(24)13-10-16-8-11-18(12-9-16)21(25)26-2/h3-13,15H,14H2,1-2H3,(H,22,23)/b13-10+/t15-/m1/s1. The highest BCUT2D eigenvalue weighted by Crippen LogP contribution is 2.11. The van der Waals surface area contributed by atoms with E-state index in [4.69, 9.17) is 4.74 Å². The zero-order valence-electron chi connectivity index (χ0n) is 15.2. The summed E-state index contributed by atoms with van der Waals surface area (Å²) in [5, 5.41) is 2.76. The number of esters is 2. The molecular formula is C21H21NO5. The largest absolute Gasteiger partial charge is 0.465 e. The van der Waals surface area contributed by atoms with Crippen LogP contribution < -0.4 is 5.32 Å². The summed E-state index contributed by atoms with van der Waals surface area (Å²) in [5.41, 5.74) is 2.09. The quantitative estimate of drug-likeness (QED) is 0.601. The molecule has 2 aromatic rings. The molecule has 1 amide bonds. The second kappa shape index (κ2) is 9.91. The Bertz CT molecular complexity index is 812. The molecule has 0 saturated carbocycles. The van der Waals surface area contributed by atoms with Crippen LogP contribution in [0.4, 0.5) is 0 Å². The normalized spacial score (nSPS) is 11.6. The van der Waals surface area contributed by atoms with Gasteiger partial charge in [0.2, 0.25) is 0 Å². The molecule has 0 aliphatic rings. The zero-order chi connectivity index (χ0) is 19.6. The minimum Gasteiger partial charge on any atom is -0.465 e. The second-order valence-corrected chi connectivity index (χ2v) is 5.75. The Morgan fingerprint density at radius 2 is 1.70 bits per heavy atom. The number of ether oxygens (including phenoxy) is 2. The molecule has 2 rings (SSSR count). The van der Waals surface area contributed by atoms with Crippen molar-refractivity contribution in [3.63, 3.8) is 0 Å². The van der Waals surface area contributed by atoms with Crippen molar-refractivity contribution in [1.82, 2.24) is 5.32 Å². The van der Waals surface area contributed by atoms with Gasteiger partial charge in [-0.1, -0.05) is 42.5 Å². The number of nitrogens with one attached hydrogen (secondary N) is 1. The highest BCUT2D eigenvalue weighted by atomic mass is 16.5. The summed E-state index contributed by atoms with van der Waals surface area (Å²) in [7, 11) is 1.31. The van der Waals surface area contributed by atoms with Crippen LogP contribution in [0.3, 0.4) is 0 Å². The predicted molar refractivity (Wildman–Crippen MR) is 101 cm³/mol. The molecule has 0 heterocycles. The van der Waals surface area contributed by atoms with Crippen LogP contribution in [0, 0.1) is 0 Å². The van der Waals surface area contributed by atoms with E-state index in [2.05, 4.69) is 10.1 Å². The lowest BCUT2D eigenvalue weighted by Gasteiger charge is -2.13. The van der Waals surface area contributed by atoms with Crippen LogP contribution in [0.5, 0.6) is 0 Å². The van der Waals surface area contributed by atoms with Crippen LogP contribution in [-0.4, -0.2) is 31.6 Å². The fraction of sp³-hybridized carbons (Fsp3) is 0.190. The fourth-order valence-electron chi connectivity index (χ4n) is 2.31. The smallest absolute Gasteiger partial charge is 0.337 e. The minimum absolute atomic E-state index is 0.179. The molecule has 0 spiro atoms. The summed E-state index contributed by atoms with van der Waals surface area (Å²) in [4.78, 5) is 35.0. The van der Waals surface area contributed by atoms with Gasteiger partial charge in [-0.3, -0.25) is 4.79 Å². The maximum Gasteiger partial charge on any atom is 0.337 e. The van der Waals surface area contributed by atoms with E-state index in [0.29, 0.717) is 11.1 Å². The molecule has 0 bridgehead atoms. The number of hydrogen-bond acceptors (Lipinski definition) is 5. The third-order valence-electron chi connectivity index (χ3n) is 3.77. The molecule has 0 fully saturated rings. The lowest BCUT2D eigenvalue weighted by Crippen LogP contribution is -2.30. The van der Waals surface area contributed by atoms with Gasteiger partial charge in [0.1, 0.15) is 0 Å². The first-order valence-electron chi connectivity index (χ1n) is 8.37. The van der Waals surface area contributed by atoms with Crippen LogP contribution in [0.2, 0.25) is 0 Å². The Balaban J connectivity index is 1.79. The Morgan fingerprint density at radius 3 is 2.33 bits per heavy atom. The van der Waals surface area contributed by atoms with Gasteiger partial charge in [-0.05, 0) is 36.3 Å². The van der Waals surface area contributed by atoms with Crippen LogP contribution in [0.15, 0.2) is 60.7 Å². The van der Waals surface area contributed by atoms with Gasteiger partial charge in [-0.25, -0.2) is 9.59 Å². The molecule has 0 saturated heterocycles. The van der Waals surface area contributed by atoms with E-state index in [1.807, 2.05) is 37.3 Å². The van der Waals surface area contributed by atoms with Gasteiger partial charge in [0.15, 0.2) is 6.61 Å². The van der Waals surface area contributed by atoms with Gasteiger partial charge in [-0.2, -0.15) is 0 Å². The summed E-state index contributed by atoms with van der Waals surface area (Å²) in [6, 6.07) is 15.8. The minimum atomic E-state index is -0.630. The molecular weight excluding hydrogens is 346 g/mol. The Kier molecular flexibility index (Phi) is 7.31. The molecule has 0 aliphatic heterocycles. The number of amides is 1. The van der Waals surface area contributed by atoms with Crippen LogP contribution in [0.1, 0.15) is 34.5 Å². The third kappa shape index (κ3) is 6.43. The molecule has 27 heavy (non-hydrogen) atoms. The molecule has 0 aliphatic carbocycles. The van der Waals surface area contributed by atoms with E-state index in [9.17, 15) is 14.4 Å². The number of carbonyl (C=O) groups is 3. The van der Waals surface area contributed by atoms with Crippen molar-refractivity contribution in [3.05, 3.63) is 77.4 Å². The van der Waals surface area contributed by atoms with Crippen molar-refractivity contribution in [2.75, 3.05) is 13.7 Å². The average Bonchev–Trinajstić information content (AvgIpc) is 2.71. The number of methoxy groups -OCH3 is 1. The first kappa shape index (κ1) is 19.9. The molecule has 1 atom stereocenters. The predicted octanol–water partition coefficient (Wildman–Crippen LogP) is 2.91. The fourth-order valence-corrected chi connectivity index (χ4v) is 2.31. The Labute approximate surface area is 157 Å². The number of carbonyl (C=O) groups excluding carboxylic acids is 3. The maximum absolute atomic E-state index is 11.9.